The van der Waals surface area contributed by atoms with Crippen LogP contribution in [0.1, 0.15) is 248 Å². The Morgan fingerprint density at radius 3 is 1.04 bits per heavy atom. The predicted octanol–water partition coefficient (Wildman–Crippen LogP) is 16.3. The summed E-state index contributed by atoms with van der Waals surface area (Å²) >= 11 is 0. The highest BCUT2D eigenvalue weighted by molar-refractivity contribution is 8.77. The fourth-order valence-electron chi connectivity index (χ4n) is 22.3. The fraction of sp³-hybridized carbons (Fsp3) is 0.505. The van der Waals surface area contributed by atoms with E-state index in [0.29, 0.717) is 119 Å². The monoisotopic (exact) mass is 1950 g/mol. The van der Waals surface area contributed by atoms with E-state index >= 15 is 13.2 Å². The van der Waals surface area contributed by atoms with Crippen LogP contribution in [0.2, 0.25) is 0 Å². The first-order valence-electron chi connectivity index (χ1n) is 46.0. The van der Waals surface area contributed by atoms with E-state index in [1.165, 1.54) is 18.2 Å². The maximum absolute atomic E-state index is 15.2. The van der Waals surface area contributed by atoms with Crippen LogP contribution in [0.5, 0.6) is 0 Å². The number of carbonyl (C=O) groups excluding carboxylic acids is 6. The molecule has 3 fully saturated rings. The molecule has 0 radical (unpaired) electrons. The van der Waals surface area contributed by atoms with Crippen molar-refractivity contribution in [3.63, 3.8) is 0 Å². The highest BCUT2D eigenvalue weighted by Crippen LogP contribution is 2.53. The summed E-state index contributed by atoms with van der Waals surface area (Å²) in [5.74, 6) is -3.50. The van der Waals surface area contributed by atoms with Crippen molar-refractivity contribution in [3.8, 4) is 34.2 Å². The fourth-order valence-corrected chi connectivity index (χ4v) is 28.8. The molecule has 0 spiro atoms. The number of alkyl carbamates (subject to hydrolysis) is 3. The van der Waals surface area contributed by atoms with Crippen molar-refractivity contribution in [1.82, 2.24) is 44.6 Å². The van der Waals surface area contributed by atoms with Gasteiger partial charge in [0.1, 0.15) is 55.6 Å². The molecule has 12 aliphatic rings. The zero-order chi connectivity index (χ0) is 94.2. The van der Waals surface area contributed by atoms with Crippen LogP contribution in [-0.2, 0) is 123 Å². The first kappa shape index (κ1) is 93.7. The van der Waals surface area contributed by atoms with Gasteiger partial charge in [-0.05, 0) is 211 Å². The highest BCUT2D eigenvalue weighted by Gasteiger charge is 2.51. The van der Waals surface area contributed by atoms with Crippen molar-refractivity contribution in [3.05, 3.63) is 185 Å². The summed E-state index contributed by atoms with van der Waals surface area (Å²) in [6.07, 6.45) is 18.0. The number of cyclic esters (lactones) is 3. The number of aryl methyl sites for hydroxylation is 3. The van der Waals surface area contributed by atoms with E-state index in [-0.39, 0.29) is 154 Å². The summed E-state index contributed by atoms with van der Waals surface area (Å²) in [5.41, 5.74) is 7.16. The van der Waals surface area contributed by atoms with E-state index < -0.39 is 77.2 Å². The minimum Gasteiger partial charge on any atom is -0.458 e. The summed E-state index contributed by atoms with van der Waals surface area (Å²) in [7, 11) is 10.2. The number of esters is 3. The first-order valence-corrected chi connectivity index (χ1v) is 53.9. The molecule has 21 rings (SSSR count). The van der Waals surface area contributed by atoms with Gasteiger partial charge in [0.15, 0.2) is 16.8 Å². The van der Waals surface area contributed by atoms with Crippen molar-refractivity contribution < 1.29 is 90.4 Å². The van der Waals surface area contributed by atoms with Gasteiger partial charge in [-0.1, -0.05) is 111 Å². The second kappa shape index (κ2) is 37.2. The number of hydrogen-bond donors (Lipinski definition) is 6. The molecule has 2 saturated carbocycles. The van der Waals surface area contributed by atoms with Gasteiger partial charge in [-0.15, -0.1) is 0 Å². The van der Waals surface area contributed by atoms with Crippen molar-refractivity contribution in [2.24, 2.45) is 0 Å². The zero-order valence-electron chi connectivity index (χ0n) is 75.6. The smallest absolute Gasteiger partial charge is 0.408 e. The summed E-state index contributed by atoms with van der Waals surface area (Å²) in [6, 6.07) is 7.79. The predicted molar refractivity (Wildman–Crippen MR) is 507 cm³/mol. The van der Waals surface area contributed by atoms with E-state index in [1.807, 2.05) is 18.8 Å². The minimum absolute atomic E-state index is 0.0231. The van der Waals surface area contributed by atoms with Crippen LogP contribution >= 0.6 is 64.8 Å². The van der Waals surface area contributed by atoms with Crippen LogP contribution in [0.25, 0.3) is 66.9 Å². The van der Waals surface area contributed by atoms with Crippen LogP contribution in [0, 0.1) is 38.2 Å². The third-order valence-corrected chi connectivity index (χ3v) is 36.4. The topological polar surface area (TPSA) is 368 Å². The number of amides is 3. The molecule has 12 atom stereocenters. The number of pyridine rings is 6. The Bertz CT molecular complexity index is 6390. The number of nitrogens with zero attached hydrogens (tertiary/aromatic N) is 6. The molecule has 1 saturated heterocycles. The molecule has 5 aliphatic carbocycles. The molecule has 6 aromatic heterocycles. The largest absolute Gasteiger partial charge is 0.458 e. The van der Waals surface area contributed by atoms with Gasteiger partial charge in [-0.3, -0.25) is 14.4 Å². The molecule has 0 bridgehead atoms. The Kier molecular flexibility index (Phi) is 26.0. The molecule has 3 amide bonds. The molecule has 3 aromatic carbocycles. The number of nitrogens with one attached hydrogen (secondary N) is 3. The van der Waals surface area contributed by atoms with Crippen LogP contribution < -0.4 is 32.6 Å². The molecule has 6 N–H and O–H groups in total. The Morgan fingerprint density at radius 2 is 0.731 bits per heavy atom. The number of hydrogen-bond acceptors (Lipinski definition) is 28. The molecule has 0 unspecified atom stereocenters. The SMILES string of the molecule is CC[C@@]1(O)C(=O)OCc2c1cc1n(c2=O)Cc2c-1nc1cc(F)c(C)c3c1c2[C@@H](NC(=O)O[C@@H]1CCCCC[C@H]1SSC)CC3.CC[C@@]1(O)C(=O)OCc2c1cc1n(c2=O)Cc2c-1nc1cc(F)c(C)c3c1c2[C@@H](NC(=O)O[C@H]1CCCCC[C@@H]1SSC)CC3.CC[C@@]1(O)C(=O)OCc2c1cc1n(c2=O)Cc2c-1nc1cc(F)c(C)c3c1c2[C@@H](NC(=O)O[C@H]1COCC[C@@H]1SSC)CC3. The van der Waals surface area contributed by atoms with Crippen LogP contribution in [0.4, 0.5) is 27.6 Å². The number of aliphatic hydroxyl groups is 3. The lowest BCUT2D eigenvalue weighted by Gasteiger charge is -2.32. The summed E-state index contributed by atoms with van der Waals surface area (Å²) < 4.78 is 89.6. The molecule has 9 aromatic rings. The van der Waals surface area contributed by atoms with E-state index in [9.17, 15) is 58.5 Å². The molecular formula is C97H104F3N9O19S6. The van der Waals surface area contributed by atoms with E-state index in [2.05, 4.69) is 16.0 Å². The van der Waals surface area contributed by atoms with Gasteiger partial charge >= 0.3 is 36.2 Å². The summed E-state index contributed by atoms with van der Waals surface area (Å²) in [4.78, 5) is 134. The Balaban J connectivity index is 0.000000129. The van der Waals surface area contributed by atoms with Gasteiger partial charge in [-0.25, -0.2) is 56.9 Å². The van der Waals surface area contributed by atoms with Crippen LogP contribution in [0.15, 0.2) is 50.8 Å². The minimum atomic E-state index is -1.96. The van der Waals surface area contributed by atoms with Crippen LogP contribution in [0.3, 0.4) is 0 Å². The molecule has 7 aliphatic heterocycles. The maximum atomic E-state index is 15.2. The molecule has 37 heteroatoms. The Morgan fingerprint density at radius 1 is 0.425 bits per heavy atom. The normalized spacial score (nSPS) is 25.2. The molecule has 13 heterocycles. The third kappa shape index (κ3) is 15.9. The van der Waals surface area contributed by atoms with E-state index in [1.54, 1.807) is 138 Å². The first-order chi connectivity index (χ1) is 64.5. The van der Waals surface area contributed by atoms with Crippen molar-refractivity contribution in [1.29, 1.82) is 0 Å². The lowest BCUT2D eigenvalue weighted by Crippen LogP contribution is -2.44. The third-order valence-electron chi connectivity index (χ3n) is 29.5. The second-order valence-electron chi connectivity index (χ2n) is 36.5. The standard InChI is InChI=1S/2C33H36FN3O6S2.C31H32FN3O7S2/c2*1-4-33(41)20-12-24-29-18(14-37(24)30(38)19(20)15-42-31(33)39)28-22(11-10-17-16(2)21(34)13-23(35-29)27(17)28)36-32(40)43-25-8-6-5-7-9-26(25)45-44-3;1-4-31(39)18-9-22-27-16(11-35(22)28(36)17(18)12-41-29(31)37)26-20(6-5-15-14(2)19(32)10-21(33-27)25(15)26)34-30(38)42-23-13-40-8-7-24(23)44-43-3/h2*12-13,22,25-26,41H,4-11,14-15H2,1-3H3,(H,36,40);9-10,20,23-24,39H,4-8,11-13H2,1-3H3,(H,34,38)/t22-,25+,26+,33-;22-,25-,26-,33-;20-,23-,24-,31-/m000/s1. The Labute approximate surface area is 792 Å². The molecular weight excluding hydrogens is 1840 g/mol. The maximum Gasteiger partial charge on any atom is 0.408 e. The van der Waals surface area contributed by atoms with Crippen molar-refractivity contribution in [2.45, 2.75) is 278 Å². The summed E-state index contributed by atoms with van der Waals surface area (Å²) in [5, 5.41) is 46.1. The van der Waals surface area contributed by atoms with Crippen molar-refractivity contribution >= 4 is 134 Å². The molecule has 708 valence electrons. The number of carbonyl (C=O) groups is 6. The summed E-state index contributed by atoms with van der Waals surface area (Å²) in [6.45, 7) is 11.0. The quantitative estimate of drug-likeness (QED) is 0.0240. The molecule has 134 heavy (non-hydrogen) atoms. The van der Waals surface area contributed by atoms with Gasteiger partial charge in [0, 0.05) is 74.3 Å². The lowest BCUT2D eigenvalue weighted by atomic mass is 9.81. The number of rotatable bonds is 15. The van der Waals surface area contributed by atoms with Gasteiger partial charge < -0.3 is 78.1 Å². The zero-order valence-corrected chi connectivity index (χ0v) is 80.5. The van der Waals surface area contributed by atoms with E-state index in [0.717, 1.165) is 137 Å². The second-order valence-corrected chi connectivity index (χ2v) is 44.6. The van der Waals surface area contributed by atoms with Gasteiger partial charge in [0.05, 0.1) is 128 Å². The molecule has 28 nitrogen and oxygen atoms in total. The number of fused-ring (bicyclic) bond motifs is 15. The number of ether oxygens (including phenoxy) is 7. The number of benzene rings is 3. The van der Waals surface area contributed by atoms with Gasteiger partial charge in [-0.2, -0.15) is 0 Å². The Hall–Kier alpha value is -9.31. The highest BCUT2D eigenvalue weighted by atomic mass is 33.1. The van der Waals surface area contributed by atoms with Crippen molar-refractivity contribution in [2.75, 3.05) is 32.0 Å². The van der Waals surface area contributed by atoms with E-state index in [4.69, 9.17) is 48.1 Å². The average Bonchev–Trinajstić information content (AvgIpc) is 1.48. The number of aromatic nitrogens is 6. The lowest BCUT2D eigenvalue weighted by molar-refractivity contribution is -0.172. The number of halogens is 3. The van der Waals surface area contributed by atoms with Gasteiger partial charge in [0.2, 0.25) is 0 Å². The van der Waals surface area contributed by atoms with Crippen LogP contribution in [-0.4, -0.2) is 146 Å². The van der Waals surface area contributed by atoms with Gasteiger partial charge in [0.25, 0.3) is 16.7 Å². The average molecular weight is 1950 g/mol.